The van der Waals surface area contributed by atoms with Gasteiger partial charge in [0.2, 0.25) is 0 Å². The van der Waals surface area contributed by atoms with Crippen molar-refractivity contribution in [2.45, 2.75) is 20.5 Å². The van der Waals surface area contributed by atoms with Crippen LogP contribution in [0.4, 0.5) is 0 Å². The summed E-state index contributed by atoms with van der Waals surface area (Å²) >= 11 is 5.00. The van der Waals surface area contributed by atoms with E-state index in [0.29, 0.717) is 17.3 Å². The molecular weight excluding hydrogens is 282 g/mol. The standard InChI is InChI=1S/C17H19NO2S/c1-11-4-5-12(2)15(8-11)20-10-13-6-7-14(17(18)21)16(9-13)19-3/h4-9H,10H2,1-3H3,(H2,18,21). The topological polar surface area (TPSA) is 44.5 Å². The maximum Gasteiger partial charge on any atom is 0.129 e. The van der Waals surface area contributed by atoms with Gasteiger partial charge >= 0.3 is 0 Å². The lowest BCUT2D eigenvalue weighted by Crippen LogP contribution is -2.11. The summed E-state index contributed by atoms with van der Waals surface area (Å²) in [5.41, 5.74) is 9.70. The number of thiocarbonyl (C=S) groups is 1. The minimum Gasteiger partial charge on any atom is -0.496 e. The Morgan fingerprint density at radius 1 is 1.10 bits per heavy atom. The Hall–Kier alpha value is -2.07. The monoisotopic (exact) mass is 301 g/mol. The molecule has 0 atom stereocenters. The van der Waals surface area contributed by atoms with Crippen molar-refractivity contribution in [2.75, 3.05) is 7.11 Å². The predicted octanol–water partition coefficient (Wildman–Crippen LogP) is 3.53. The molecular formula is C17H19NO2S. The maximum atomic E-state index is 5.88. The van der Waals surface area contributed by atoms with E-state index in [1.54, 1.807) is 7.11 Å². The summed E-state index contributed by atoms with van der Waals surface area (Å²) < 4.78 is 11.2. The van der Waals surface area contributed by atoms with E-state index in [9.17, 15) is 0 Å². The van der Waals surface area contributed by atoms with E-state index < -0.39 is 0 Å². The molecule has 0 aliphatic heterocycles. The molecule has 0 saturated heterocycles. The zero-order valence-electron chi connectivity index (χ0n) is 12.5. The van der Waals surface area contributed by atoms with E-state index in [1.807, 2.05) is 38.1 Å². The molecule has 0 spiro atoms. The highest BCUT2D eigenvalue weighted by Crippen LogP contribution is 2.23. The van der Waals surface area contributed by atoms with Crippen molar-refractivity contribution < 1.29 is 9.47 Å². The number of benzene rings is 2. The lowest BCUT2D eigenvalue weighted by molar-refractivity contribution is 0.303. The van der Waals surface area contributed by atoms with Crippen LogP contribution in [0, 0.1) is 13.8 Å². The summed E-state index contributed by atoms with van der Waals surface area (Å²) in [6, 6.07) is 11.9. The van der Waals surface area contributed by atoms with Gasteiger partial charge in [-0.25, -0.2) is 0 Å². The zero-order valence-corrected chi connectivity index (χ0v) is 13.3. The first kappa shape index (κ1) is 15.3. The number of ether oxygens (including phenoxy) is 2. The van der Waals surface area contributed by atoms with Gasteiger partial charge in [-0.2, -0.15) is 0 Å². The van der Waals surface area contributed by atoms with Gasteiger partial charge in [0.15, 0.2) is 0 Å². The van der Waals surface area contributed by atoms with E-state index in [1.165, 1.54) is 5.56 Å². The minimum absolute atomic E-state index is 0.328. The Kier molecular flexibility index (Phi) is 4.81. The molecule has 0 aliphatic rings. The van der Waals surface area contributed by atoms with Crippen LogP contribution in [-0.4, -0.2) is 12.1 Å². The largest absolute Gasteiger partial charge is 0.496 e. The molecule has 0 saturated carbocycles. The third-order valence-corrected chi connectivity index (χ3v) is 3.49. The van der Waals surface area contributed by atoms with E-state index in [-0.39, 0.29) is 0 Å². The molecule has 0 fully saturated rings. The van der Waals surface area contributed by atoms with Gasteiger partial charge in [-0.1, -0.05) is 30.4 Å². The smallest absolute Gasteiger partial charge is 0.129 e. The molecule has 0 unspecified atom stereocenters. The van der Waals surface area contributed by atoms with Gasteiger partial charge < -0.3 is 15.2 Å². The lowest BCUT2D eigenvalue weighted by Gasteiger charge is -2.12. The SMILES string of the molecule is COc1cc(COc2cc(C)ccc2C)ccc1C(N)=S. The fourth-order valence-electron chi connectivity index (χ4n) is 2.05. The fraction of sp³-hybridized carbons (Fsp3) is 0.235. The highest BCUT2D eigenvalue weighted by atomic mass is 32.1. The Morgan fingerprint density at radius 3 is 2.52 bits per heavy atom. The lowest BCUT2D eigenvalue weighted by atomic mass is 10.1. The third kappa shape index (κ3) is 3.73. The summed E-state index contributed by atoms with van der Waals surface area (Å²) in [6.45, 7) is 4.55. The van der Waals surface area contributed by atoms with Gasteiger partial charge in [0, 0.05) is 0 Å². The van der Waals surface area contributed by atoms with Crippen molar-refractivity contribution in [3.63, 3.8) is 0 Å². The van der Waals surface area contributed by atoms with Crippen LogP contribution in [0.5, 0.6) is 11.5 Å². The van der Waals surface area contributed by atoms with Crippen LogP contribution in [0.25, 0.3) is 0 Å². The molecule has 0 heterocycles. The molecule has 2 aromatic rings. The third-order valence-electron chi connectivity index (χ3n) is 3.27. The van der Waals surface area contributed by atoms with Crippen LogP contribution in [0.3, 0.4) is 0 Å². The molecule has 21 heavy (non-hydrogen) atoms. The van der Waals surface area contributed by atoms with Crippen LogP contribution in [-0.2, 0) is 6.61 Å². The average molecular weight is 301 g/mol. The molecule has 2 rings (SSSR count). The first-order valence-electron chi connectivity index (χ1n) is 6.68. The van der Waals surface area contributed by atoms with E-state index in [4.69, 9.17) is 27.4 Å². The van der Waals surface area contributed by atoms with Crippen molar-refractivity contribution >= 4 is 17.2 Å². The molecule has 0 aliphatic carbocycles. The second kappa shape index (κ2) is 6.59. The summed E-state index contributed by atoms with van der Waals surface area (Å²) in [6.07, 6.45) is 0. The Morgan fingerprint density at radius 2 is 1.86 bits per heavy atom. The number of rotatable bonds is 5. The average Bonchev–Trinajstić information content (AvgIpc) is 2.47. The van der Waals surface area contributed by atoms with Gasteiger partial charge in [-0.15, -0.1) is 0 Å². The Balaban J connectivity index is 2.17. The van der Waals surface area contributed by atoms with Gasteiger partial charge in [0.1, 0.15) is 23.1 Å². The highest BCUT2D eigenvalue weighted by Gasteiger charge is 2.08. The summed E-state index contributed by atoms with van der Waals surface area (Å²) in [4.78, 5) is 0.328. The zero-order chi connectivity index (χ0) is 15.4. The normalized spacial score (nSPS) is 10.2. The Bertz CT molecular complexity index is 668. The van der Waals surface area contributed by atoms with Crippen LogP contribution >= 0.6 is 12.2 Å². The molecule has 110 valence electrons. The fourth-order valence-corrected chi connectivity index (χ4v) is 2.22. The molecule has 0 amide bonds. The number of hydrogen-bond donors (Lipinski definition) is 1. The minimum atomic E-state index is 0.328. The van der Waals surface area contributed by atoms with Crippen LogP contribution in [0.1, 0.15) is 22.3 Å². The van der Waals surface area contributed by atoms with E-state index >= 15 is 0 Å². The Labute approximate surface area is 130 Å². The summed E-state index contributed by atoms with van der Waals surface area (Å²) in [5, 5.41) is 0. The van der Waals surface area contributed by atoms with Crippen LogP contribution in [0.15, 0.2) is 36.4 Å². The predicted molar refractivity (Wildman–Crippen MR) is 89.1 cm³/mol. The number of aryl methyl sites for hydroxylation is 2. The van der Waals surface area contributed by atoms with Crippen LogP contribution < -0.4 is 15.2 Å². The van der Waals surface area contributed by atoms with Crippen molar-refractivity contribution in [3.05, 3.63) is 58.7 Å². The molecule has 2 aromatic carbocycles. The van der Waals surface area contributed by atoms with Gasteiger partial charge in [0.05, 0.1) is 12.7 Å². The van der Waals surface area contributed by atoms with Gasteiger partial charge in [-0.3, -0.25) is 0 Å². The first-order chi connectivity index (χ1) is 10.0. The highest BCUT2D eigenvalue weighted by molar-refractivity contribution is 7.80. The second-order valence-corrected chi connectivity index (χ2v) is 5.40. The van der Waals surface area contributed by atoms with Crippen LogP contribution in [0.2, 0.25) is 0 Å². The van der Waals surface area contributed by atoms with Crippen molar-refractivity contribution in [1.82, 2.24) is 0 Å². The van der Waals surface area contributed by atoms with Crippen molar-refractivity contribution in [1.29, 1.82) is 0 Å². The molecule has 4 heteroatoms. The summed E-state index contributed by atoms with van der Waals surface area (Å²) in [5.74, 6) is 1.57. The molecule has 0 bridgehead atoms. The molecule has 0 radical (unpaired) electrons. The van der Waals surface area contributed by atoms with E-state index in [2.05, 4.69) is 12.1 Å². The van der Waals surface area contributed by atoms with Crippen molar-refractivity contribution in [3.8, 4) is 11.5 Å². The molecule has 3 nitrogen and oxygen atoms in total. The molecule has 0 aromatic heterocycles. The second-order valence-electron chi connectivity index (χ2n) is 4.96. The molecule has 2 N–H and O–H groups in total. The quantitative estimate of drug-likeness (QED) is 0.858. The number of methoxy groups -OCH3 is 1. The maximum absolute atomic E-state index is 5.88. The van der Waals surface area contributed by atoms with E-state index in [0.717, 1.165) is 22.4 Å². The number of nitrogens with two attached hydrogens (primary N) is 1. The van der Waals surface area contributed by atoms with Gasteiger partial charge in [0.25, 0.3) is 0 Å². The van der Waals surface area contributed by atoms with Gasteiger partial charge in [-0.05, 0) is 48.7 Å². The first-order valence-corrected chi connectivity index (χ1v) is 7.09. The summed E-state index contributed by atoms with van der Waals surface area (Å²) in [7, 11) is 1.60. The van der Waals surface area contributed by atoms with Crippen molar-refractivity contribution in [2.24, 2.45) is 5.73 Å². The number of hydrogen-bond acceptors (Lipinski definition) is 3.